The quantitative estimate of drug-likeness (QED) is 0.0725. The summed E-state index contributed by atoms with van der Waals surface area (Å²) >= 11 is 12.3. The van der Waals surface area contributed by atoms with Gasteiger partial charge in [0.05, 0.1) is 5.54 Å². The standard InChI is InChI=1S/C40H40Cl2N8O4/c1-25-7-15-31(16-8-25)45-35(53)34(52)44-24-39(2,3)23-43-33(51)27-9-17-32(18-10-27)46-36-47-37(50-40(19-20-40)28-11-13-29(41)14-12-28)49-38(48-36)54-22-26-5-4-6-30(42)21-26/h4-18,21H,19-20,22-24H2,1-3H3,(H,43,51)(H,44,52)(H,45,53)(H2,46,47,48,49,50). The molecule has 1 aromatic heterocycles. The van der Waals surface area contributed by atoms with E-state index < -0.39 is 17.2 Å². The molecule has 5 aromatic rings. The van der Waals surface area contributed by atoms with Gasteiger partial charge in [-0.15, -0.1) is 0 Å². The van der Waals surface area contributed by atoms with Gasteiger partial charge in [0.15, 0.2) is 0 Å². The van der Waals surface area contributed by atoms with Gasteiger partial charge in [0.1, 0.15) is 6.61 Å². The minimum absolute atomic E-state index is 0.114. The molecule has 6 rings (SSSR count). The molecule has 0 unspecified atom stereocenters. The predicted octanol–water partition coefficient (Wildman–Crippen LogP) is 7.42. The number of rotatable bonds is 14. The number of anilines is 4. The van der Waals surface area contributed by atoms with E-state index in [9.17, 15) is 14.4 Å². The molecule has 12 nitrogen and oxygen atoms in total. The average Bonchev–Trinajstić information content (AvgIpc) is 3.93. The van der Waals surface area contributed by atoms with E-state index in [1.807, 2.05) is 75.4 Å². The van der Waals surface area contributed by atoms with Crippen molar-refractivity contribution in [2.45, 2.75) is 45.8 Å². The van der Waals surface area contributed by atoms with E-state index >= 15 is 0 Å². The molecule has 0 atom stereocenters. The summed E-state index contributed by atoms with van der Waals surface area (Å²) in [7, 11) is 0. The lowest BCUT2D eigenvalue weighted by molar-refractivity contribution is -0.136. The van der Waals surface area contributed by atoms with E-state index in [-0.39, 0.29) is 43.1 Å². The molecule has 54 heavy (non-hydrogen) atoms. The number of aromatic nitrogens is 3. The average molecular weight is 768 g/mol. The molecule has 0 saturated heterocycles. The Morgan fingerprint density at radius 2 is 1.43 bits per heavy atom. The molecule has 0 spiro atoms. The zero-order valence-corrected chi connectivity index (χ0v) is 31.5. The number of nitrogens with one attached hydrogen (secondary N) is 5. The Kier molecular flexibility index (Phi) is 11.6. The van der Waals surface area contributed by atoms with Crippen LogP contribution in [-0.4, -0.2) is 45.8 Å². The van der Waals surface area contributed by atoms with Crippen LogP contribution in [0, 0.1) is 12.3 Å². The minimum atomic E-state index is -0.761. The number of aryl methyl sites for hydroxylation is 1. The summed E-state index contributed by atoms with van der Waals surface area (Å²) in [6.45, 7) is 6.31. The fraction of sp³-hybridized carbons (Fsp3) is 0.250. The van der Waals surface area contributed by atoms with Crippen LogP contribution >= 0.6 is 23.2 Å². The van der Waals surface area contributed by atoms with Gasteiger partial charge in [0.25, 0.3) is 5.91 Å². The van der Waals surface area contributed by atoms with Gasteiger partial charge in [0.2, 0.25) is 11.9 Å². The fourth-order valence-corrected chi connectivity index (χ4v) is 5.78. The molecule has 0 radical (unpaired) electrons. The molecule has 1 aliphatic carbocycles. The van der Waals surface area contributed by atoms with Gasteiger partial charge in [-0.05, 0) is 97.0 Å². The second kappa shape index (κ2) is 16.5. The van der Waals surface area contributed by atoms with E-state index in [0.29, 0.717) is 32.9 Å². The number of halogens is 2. The Balaban J connectivity index is 1.06. The number of carbonyl (C=O) groups is 3. The molecule has 1 fully saturated rings. The van der Waals surface area contributed by atoms with Crippen molar-refractivity contribution in [3.8, 4) is 6.01 Å². The van der Waals surface area contributed by atoms with Gasteiger partial charge in [-0.25, -0.2) is 0 Å². The van der Waals surface area contributed by atoms with Gasteiger partial charge in [-0.3, -0.25) is 14.4 Å². The molecule has 14 heteroatoms. The molecule has 4 aromatic carbocycles. The summed E-state index contributed by atoms with van der Waals surface area (Å²) < 4.78 is 5.98. The van der Waals surface area contributed by atoms with Gasteiger partial charge in [0, 0.05) is 40.1 Å². The predicted molar refractivity (Wildman–Crippen MR) is 210 cm³/mol. The first-order valence-electron chi connectivity index (χ1n) is 17.3. The first-order valence-corrected chi connectivity index (χ1v) is 18.1. The summed E-state index contributed by atoms with van der Waals surface area (Å²) in [5, 5.41) is 16.1. The topological polar surface area (TPSA) is 159 Å². The number of carbonyl (C=O) groups excluding carboxylic acids is 3. The fourth-order valence-electron chi connectivity index (χ4n) is 5.44. The van der Waals surface area contributed by atoms with Gasteiger partial charge in [-0.1, -0.05) is 79.0 Å². The highest BCUT2D eigenvalue weighted by Gasteiger charge is 2.45. The Morgan fingerprint density at radius 1 is 0.759 bits per heavy atom. The second-order valence-corrected chi connectivity index (χ2v) is 14.8. The molecule has 0 aliphatic heterocycles. The van der Waals surface area contributed by atoms with Crippen LogP contribution in [0.5, 0.6) is 6.01 Å². The number of ether oxygens (including phenoxy) is 1. The van der Waals surface area contributed by atoms with Crippen molar-refractivity contribution in [3.05, 3.63) is 129 Å². The Labute approximate surface area is 323 Å². The summed E-state index contributed by atoms with van der Waals surface area (Å²) in [4.78, 5) is 51.5. The van der Waals surface area contributed by atoms with Crippen LogP contribution in [0.1, 0.15) is 53.7 Å². The zero-order valence-electron chi connectivity index (χ0n) is 30.0. The molecular formula is C40H40Cl2N8O4. The number of hydrogen-bond donors (Lipinski definition) is 5. The van der Waals surface area contributed by atoms with Gasteiger partial charge >= 0.3 is 17.8 Å². The largest absolute Gasteiger partial charge is 0.458 e. The monoisotopic (exact) mass is 766 g/mol. The molecule has 0 bridgehead atoms. The van der Waals surface area contributed by atoms with Crippen LogP contribution in [0.15, 0.2) is 97.1 Å². The summed E-state index contributed by atoms with van der Waals surface area (Å²) in [6.07, 6.45) is 1.78. The highest BCUT2D eigenvalue weighted by Crippen LogP contribution is 2.48. The Morgan fingerprint density at radius 3 is 2.11 bits per heavy atom. The molecule has 1 heterocycles. The number of nitrogens with zero attached hydrogens (tertiary/aromatic N) is 3. The number of amides is 3. The van der Waals surface area contributed by atoms with Crippen molar-refractivity contribution in [1.29, 1.82) is 0 Å². The minimum Gasteiger partial charge on any atom is -0.458 e. The highest BCUT2D eigenvalue weighted by molar-refractivity contribution is 6.39. The summed E-state index contributed by atoms with van der Waals surface area (Å²) in [5.74, 6) is -1.23. The third kappa shape index (κ3) is 10.5. The third-order valence-electron chi connectivity index (χ3n) is 8.74. The van der Waals surface area contributed by atoms with Crippen LogP contribution in [0.2, 0.25) is 10.0 Å². The second-order valence-electron chi connectivity index (χ2n) is 13.9. The molecule has 3 amide bonds. The third-order valence-corrected chi connectivity index (χ3v) is 9.23. The molecule has 1 saturated carbocycles. The van der Waals surface area contributed by atoms with Gasteiger partial charge in [-0.2, -0.15) is 15.0 Å². The maximum atomic E-state index is 13.1. The summed E-state index contributed by atoms with van der Waals surface area (Å²) in [5.41, 5.74) is 3.69. The van der Waals surface area contributed by atoms with E-state index in [0.717, 1.165) is 29.5 Å². The van der Waals surface area contributed by atoms with Crippen LogP contribution in [0.3, 0.4) is 0 Å². The SMILES string of the molecule is Cc1ccc(NC(=O)C(=O)NCC(C)(C)CNC(=O)c2ccc(Nc3nc(NC4(c5ccc(Cl)cc5)CC4)nc(OCc4cccc(Cl)c4)n3)cc2)cc1. The highest BCUT2D eigenvalue weighted by atomic mass is 35.5. The molecular weight excluding hydrogens is 727 g/mol. The first-order chi connectivity index (χ1) is 25.8. The van der Waals surface area contributed by atoms with Crippen molar-refractivity contribution in [1.82, 2.24) is 25.6 Å². The lowest BCUT2D eigenvalue weighted by Gasteiger charge is -2.25. The molecule has 278 valence electrons. The number of hydrogen-bond acceptors (Lipinski definition) is 9. The molecule has 1 aliphatic rings. The van der Waals surface area contributed by atoms with Crippen LogP contribution < -0.4 is 31.3 Å². The molecule has 5 N–H and O–H groups in total. The van der Waals surface area contributed by atoms with Crippen molar-refractivity contribution < 1.29 is 19.1 Å². The van der Waals surface area contributed by atoms with Crippen molar-refractivity contribution in [2.75, 3.05) is 29.0 Å². The normalized spacial score (nSPS) is 13.0. The van der Waals surface area contributed by atoms with Crippen LogP contribution in [-0.2, 0) is 21.7 Å². The maximum Gasteiger partial charge on any atom is 0.323 e. The van der Waals surface area contributed by atoms with Crippen LogP contribution in [0.25, 0.3) is 0 Å². The summed E-state index contributed by atoms with van der Waals surface area (Å²) in [6, 6.07) is 29.2. The van der Waals surface area contributed by atoms with Crippen molar-refractivity contribution >= 4 is 64.2 Å². The van der Waals surface area contributed by atoms with Crippen LogP contribution in [0.4, 0.5) is 23.3 Å². The zero-order chi connectivity index (χ0) is 38.3. The van der Waals surface area contributed by atoms with Crippen molar-refractivity contribution in [2.24, 2.45) is 5.41 Å². The lowest BCUT2D eigenvalue weighted by Crippen LogP contribution is -2.44. The Hall–Kier alpha value is -5.72. The lowest BCUT2D eigenvalue weighted by atomic mass is 9.93. The van der Waals surface area contributed by atoms with E-state index in [4.69, 9.17) is 27.9 Å². The van der Waals surface area contributed by atoms with E-state index in [1.54, 1.807) is 42.5 Å². The van der Waals surface area contributed by atoms with E-state index in [1.165, 1.54) is 0 Å². The van der Waals surface area contributed by atoms with Gasteiger partial charge < -0.3 is 31.3 Å². The first kappa shape index (κ1) is 38.0. The number of benzene rings is 4. The Bertz CT molecular complexity index is 2120. The maximum absolute atomic E-state index is 13.1. The smallest absolute Gasteiger partial charge is 0.323 e. The van der Waals surface area contributed by atoms with E-state index in [2.05, 4.69) is 41.5 Å². The van der Waals surface area contributed by atoms with Crippen molar-refractivity contribution in [3.63, 3.8) is 0 Å².